The van der Waals surface area contributed by atoms with Crippen molar-refractivity contribution in [2.45, 2.75) is 45.1 Å². The lowest BCUT2D eigenvalue weighted by Crippen LogP contribution is -2.42. The van der Waals surface area contributed by atoms with Crippen LogP contribution in [0.25, 0.3) is 0 Å². The zero-order chi connectivity index (χ0) is 19.2. The van der Waals surface area contributed by atoms with Gasteiger partial charge in [0.25, 0.3) is 5.91 Å². The maximum Gasteiger partial charge on any atom is 0.323 e. The Balaban J connectivity index is 3.26. The molecule has 1 unspecified atom stereocenters. The standard InChI is InChI=1S/C17H26N2O5S/c1-5-13(4)19(12-16(20)21)17(22)14-9-8-10-15(11-14)25(23,24)18(6-2)7-3/h8-11,13H,5-7,12H2,1-4H3,(H,20,21). The van der Waals surface area contributed by atoms with Crippen LogP contribution in [0, 0.1) is 0 Å². The predicted molar refractivity (Wildman–Crippen MR) is 95.0 cm³/mol. The van der Waals surface area contributed by atoms with Gasteiger partial charge in [-0.15, -0.1) is 0 Å². The van der Waals surface area contributed by atoms with Crippen molar-refractivity contribution < 1.29 is 23.1 Å². The van der Waals surface area contributed by atoms with Gasteiger partial charge in [-0.2, -0.15) is 4.31 Å². The van der Waals surface area contributed by atoms with E-state index in [2.05, 4.69) is 0 Å². The van der Waals surface area contributed by atoms with Gasteiger partial charge in [0.1, 0.15) is 6.54 Å². The molecule has 1 atom stereocenters. The highest BCUT2D eigenvalue weighted by atomic mass is 32.2. The molecule has 25 heavy (non-hydrogen) atoms. The molecule has 0 aliphatic carbocycles. The summed E-state index contributed by atoms with van der Waals surface area (Å²) >= 11 is 0. The molecule has 0 heterocycles. The maximum absolute atomic E-state index is 12.7. The largest absolute Gasteiger partial charge is 0.480 e. The molecule has 0 fully saturated rings. The Bertz CT molecular complexity index is 714. The Morgan fingerprint density at radius 1 is 1.16 bits per heavy atom. The molecule has 0 spiro atoms. The zero-order valence-electron chi connectivity index (χ0n) is 15.1. The molecule has 7 nitrogen and oxygen atoms in total. The monoisotopic (exact) mass is 370 g/mol. The molecule has 8 heteroatoms. The first-order chi connectivity index (χ1) is 11.7. The Morgan fingerprint density at radius 2 is 1.76 bits per heavy atom. The molecule has 0 radical (unpaired) electrons. The van der Waals surface area contributed by atoms with Crippen LogP contribution >= 0.6 is 0 Å². The first-order valence-electron chi connectivity index (χ1n) is 8.31. The van der Waals surface area contributed by atoms with Gasteiger partial charge in [-0.25, -0.2) is 8.42 Å². The molecule has 0 aliphatic rings. The van der Waals surface area contributed by atoms with Gasteiger partial charge >= 0.3 is 5.97 Å². The number of hydrogen-bond donors (Lipinski definition) is 1. The topological polar surface area (TPSA) is 95.0 Å². The highest BCUT2D eigenvalue weighted by molar-refractivity contribution is 7.89. The lowest BCUT2D eigenvalue weighted by Gasteiger charge is -2.27. The second kappa shape index (κ2) is 8.96. The Morgan fingerprint density at radius 3 is 2.24 bits per heavy atom. The van der Waals surface area contributed by atoms with Crippen molar-refractivity contribution in [3.63, 3.8) is 0 Å². The fourth-order valence-electron chi connectivity index (χ4n) is 2.46. The number of aliphatic carboxylic acids is 1. The van der Waals surface area contributed by atoms with Crippen LogP contribution in [0.3, 0.4) is 0 Å². The smallest absolute Gasteiger partial charge is 0.323 e. The SMILES string of the molecule is CCC(C)N(CC(=O)O)C(=O)c1cccc(S(=O)(=O)N(CC)CC)c1. The summed E-state index contributed by atoms with van der Waals surface area (Å²) in [6.45, 7) is 7.33. The van der Waals surface area contributed by atoms with E-state index in [1.54, 1.807) is 20.8 Å². The number of carboxylic acids is 1. The minimum absolute atomic E-state index is 0.0291. The van der Waals surface area contributed by atoms with Gasteiger partial charge < -0.3 is 10.0 Å². The van der Waals surface area contributed by atoms with Crippen LogP contribution in [-0.2, 0) is 14.8 Å². The van der Waals surface area contributed by atoms with Crippen LogP contribution < -0.4 is 0 Å². The van der Waals surface area contributed by atoms with Crippen LogP contribution in [0.2, 0.25) is 0 Å². The highest BCUT2D eigenvalue weighted by Gasteiger charge is 2.26. The lowest BCUT2D eigenvalue weighted by atomic mass is 10.1. The molecule has 140 valence electrons. The number of hydrogen-bond acceptors (Lipinski definition) is 4. The first-order valence-corrected chi connectivity index (χ1v) is 9.75. The fourth-order valence-corrected chi connectivity index (χ4v) is 3.97. The molecule has 1 rings (SSSR count). The summed E-state index contributed by atoms with van der Waals surface area (Å²) < 4.78 is 26.5. The summed E-state index contributed by atoms with van der Waals surface area (Å²) in [5, 5.41) is 9.05. The Hall–Kier alpha value is -1.93. The lowest BCUT2D eigenvalue weighted by molar-refractivity contribution is -0.138. The molecule has 0 aliphatic heterocycles. The molecular weight excluding hydrogens is 344 g/mol. The van der Waals surface area contributed by atoms with Crippen molar-refractivity contribution in [1.29, 1.82) is 0 Å². The quantitative estimate of drug-likeness (QED) is 0.718. The minimum Gasteiger partial charge on any atom is -0.480 e. The molecule has 1 aromatic rings. The molecule has 0 saturated carbocycles. The molecule has 0 bridgehead atoms. The van der Waals surface area contributed by atoms with Crippen LogP contribution in [0.4, 0.5) is 0 Å². The fraction of sp³-hybridized carbons (Fsp3) is 0.529. The zero-order valence-corrected chi connectivity index (χ0v) is 15.9. The second-order valence-electron chi connectivity index (χ2n) is 5.70. The van der Waals surface area contributed by atoms with Crippen molar-refractivity contribution in [3.05, 3.63) is 29.8 Å². The first kappa shape index (κ1) is 21.1. The van der Waals surface area contributed by atoms with Crippen LogP contribution in [0.5, 0.6) is 0 Å². The van der Waals surface area contributed by atoms with E-state index in [0.29, 0.717) is 19.5 Å². The Labute approximate surface area is 149 Å². The van der Waals surface area contributed by atoms with Crippen molar-refractivity contribution >= 4 is 21.9 Å². The van der Waals surface area contributed by atoms with Gasteiger partial charge in [0.2, 0.25) is 10.0 Å². The van der Waals surface area contributed by atoms with Crippen molar-refractivity contribution in [2.75, 3.05) is 19.6 Å². The Kier molecular flexibility index (Phi) is 7.57. The summed E-state index contributed by atoms with van der Waals surface area (Å²) in [7, 11) is -3.69. The molecule has 1 amide bonds. The number of carboxylic acid groups (broad SMARTS) is 1. The van der Waals surface area contributed by atoms with Gasteiger partial charge in [0.15, 0.2) is 0 Å². The van der Waals surface area contributed by atoms with Gasteiger partial charge in [0, 0.05) is 24.7 Å². The minimum atomic E-state index is -3.69. The van der Waals surface area contributed by atoms with E-state index < -0.39 is 28.4 Å². The van der Waals surface area contributed by atoms with Crippen LogP contribution in [0.1, 0.15) is 44.5 Å². The molecule has 0 aromatic heterocycles. The van der Waals surface area contributed by atoms with Crippen LogP contribution in [-0.4, -0.2) is 60.3 Å². The number of carbonyl (C=O) groups is 2. The van der Waals surface area contributed by atoms with Gasteiger partial charge in [-0.3, -0.25) is 9.59 Å². The third-order valence-corrected chi connectivity index (χ3v) is 6.16. The molecule has 1 aromatic carbocycles. The molecule has 1 N–H and O–H groups in total. The number of rotatable bonds is 9. The normalized spacial score (nSPS) is 12.8. The van der Waals surface area contributed by atoms with E-state index >= 15 is 0 Å². The maximum atomic E-state index is 12.7. The molecular formula is C17H26N2O5S. The van der Waals surface area contributed by atoms with Crippen molar-refractivity contribution in [2.24, 2.45) is 0 Å². The van der Waals surface area contributed by atoms with E-state index in [0.717, 1.165) is 0 Å². The number of nitrogens with zero attached hydrogens (tertiary/aromatic N) is 2. The van der Waals surface area contributed by atoms with Gasteiger partial charge in [-0.1, -0.05) is 26.8 Å². The summed E-state index contributed by atoms with van der Waals surface area (Å²) in [5.41, 5.74) is 0.162. The van der Waals surface area contributed by atoms with E-state index in [1.807, 2.05) is 6.92 Å². The van der Waals surface area contributed by atoms with E-state index in [-0.39, 0.29) is 16.5 Å². The summed E-state index contributed by atoms with van der Waals surface area (Å²) in [6.07, 6.45) is 0.594. The van der Waals surface area contributed by atoms with Gasteiger partial charge in [0.05, 0.1) is 4.90 Å². The van der Waals surface area contributed by atoms with Gasteiger partial charge in [-0.05, 0) is 31.5 Å². The summed E-state index contributed by atoms with van der Waals surface area (Å²) in [5.74, 6) is -1.60. The van der Waals surface area contributed by atoms with E-state index in [1.165, 1.54) is 33.5 Å². The van der Waals surface area contributed by atoms with E-state index in [4.69, 9.17) is 5.11 Å². The van der Waals surface area contributed by atoms with Crippen molar-refractivity contribution in [1.82, 2.24) is 9.21 Å². The number of sulfonamides is 1. The highest BCUT2D eigenvalue weighted by Crippen LogP contribution is 2.19. The van der Waals surface area contributed by atoms with E-state index in [9.17, 15) is 18.0 Å². The number of amides is 1. The summed E-state index contributed by atoms with van der Waals surface area (Å²) in [6, 6.07) is 5.48. The third kappa shape index (κ3) is 5.02. The number of carbonyl (C=O) groups excluding carboxylic acids is 1. The predicted octanol–water partition coefficient (Wildman–Crippen LogP) is 2.04. The average Bonchev–Trinajstić information content (AvgIpc) is 2.59. The molecule has 0 saturated heterocycles. The van der Waals surface area contributed by atoms with Crippen LogP contribution in [0.15, 0.2) is 29.2 Å². The number of benzene rings is 1. The summed E-state index contributed by atoms with van der Waals surface area (Å²) in [4.78, 5) is 25.1. The average molecular weight is 370 g/mol. The second-order valence-corrected chi connectivity index (χ2v) is 7.64. The third-order valence-electron chi connectivity index (χ3n) is 4.11. The van der Waals surface area contributed by atoms with Crippen molar-refractivity contribution in [3.8, 4) is 0 Å².